The van der Waals surface area contributed by atoms with Crippen LogP contribution in [0.4, 0.5) is 0 Å². The molecule has 0 fully saturated rings. The largest absolute Gasteiger partial charge is 0.481 e. The van der Waals surface area contributed by atoms with Gasteiger partial charge in [-0.3, -0.25) is 9.36 Å². The first-order chi connectivity index (χ1) is 8.42. The molecule has 0 radical (unpaired) electrons. The average Bonchev–Trinajstić information content (AvgIpc) is 2.69. The number of carbonyl (C=O) groups is 1. The lowest BCUT2D eigenvalue weighted by Gasteiger charge is -2.28. The molecular formula is C11H19N3O3S. The monoisotopic (exact) mass is 273 g/mol. The normalized spacial score (nSPS) is 11.8. The Bertz CT molecular complexity index is 418. The van der Waals surface area contributed by atoms with Crippen molar-refractivity contribution in [3.05, 3.63) is 5.82 Å². The molecule has 0 unspecified atom stereocenters. The maximum atomic E-state index is 10.6. The van der Waals surface area contributed by atoms with Gasteiger partial charge < -0.3 is 9.84 Å². The molecule has 102 valence electrons. The highest BCUT2D eigenvalue weighted by Gasteiger charge is 2.27. The van der Waals surface area contributed by atoms with Gasteiger partial charge in [0.05, 0.1) is 17.9 Å². The number of aliphatic carboxylic acids is 1. The summed E-state index contributed by atoms with van der Waals surface area (Å²) in [4.78, 5) is 10.6. The number of aromatic nitrogens is 3. The van der Waals surface area contributed by atoms with Gasteiger partial charge in [-0.05, 0) is 13.8 Å². The second kappa shape index (κ2) is 6.19. The zero-order chi connectivity index (χ0) is 13.8. The number of hydrogen-bond donors (Lipinski definition) is 1. The van der Waals surface area contributed by atoms with Crippen LogP contribution in [0.2, 0.25) is 0 Å². The first-order valence-corrected chi connectivity index (χ1v) is 6.69. The summed E-state index contributed by atoms with van der Waals surface area (Å²) in [6.45, 7) is 6.54. The standard InChI is InChI=1S/C11H19N3O3S/c1-5-8-12-13-10(18-6-9(15)16)14(8)11(2,3)7-17-4/h5-7H2,1-4H3,(H,15,16). The van der Waals surface area contributed by atoms with Crippen LogP contribution in [-0.2, 0) is 21.5 Å². The quantitative estimate of drug-likeness (QED) is 0.757. The van der Waals surface area contributed by atoms with Gasteiger partial charge in [-0.2, -0.15) is 0 Å². The molecule has 0 atom stereocenters. The summed E-state index contributed by atoms with van der Waals surface area (Å²) in [5.41, 5.74) is -0.301. The summed E-state index contributed by atoms with van der Waals surface area (Å²) in [6, 6.07) is 0. The van der Waals surface area contributed by atoms with Gasteiger partial charge >= 0.3 is 5.97 Å². The molecule has 0 aliphatic carbocycles. The average molecular weight is 273 g/mol. The van der Waals surface area contributed by atoms with E-state index >= 15 is 0 Å². The van der Waals surface area contributed by atoms with E-state index in [2.05, 4.69) is 10.2 Å². The number of nitrogens with zero attached hydrogens (tertiary/aromatic N) is 3. The fourth-order valence-corrected chi connectivity index (χ4v) is 2.61. The van der Waals surface area contributed by atoms with Gasteiger partial charge in [0, 0.05) is 13.5 Å². The molecule has 1 aromatic heterocycles. The SMILES string of the molecule is CCc1nnc(SCC(=O)O)n1C(C)(C)COC. The fourth-order valence-electron chi connectivity index (χ4n) is 1.77. The summed E-state index contributed by atoms with van der Waals surface area (Å²) >= 11 is 1.18. The minimum atomic E-state index is -0.864. The predicted octanol–water partition coefficient (Wildman–Crippen LogP) is 1.40. The number of ether oxygens (including phenoxy) is 1. The summed E-state index contributed by atoms with van der Waals surface area (Å²) in [6.07, 6.45) is 0.744. The lowest BCUT2D eigenvalue weighted by atomic mass is 10.1. The number of carboxylic acids is 1. The molecule has 7 heteroatoms. The molecule has 0 aromatic carbocycles. The molecule has 0 aliphatic heterocycles. The molecule has 1 rings (SSSR count). The van der Waals surface area contributed by atoms with E-state index in [1.54, 1.807) is 7.11 Å². The minimum Gasteiger partial charge on any atom is -0.481 e. The van der Waals surface area contributed by atoms with Crippen molar-refractivity contribution in [3.63, 3.8) is 0 Å². The van der Waals surface area contributed by atoms with Crippen molar-refractivity contribution in [2.45, 2.75) is 37.9 Å². The van der Waals surface area contributed by atoms with Crippen molar-refractivity contribution in [2.75, 3.05) is 19.5 Å². The predicted molar refractivity (Wildman–Crippen MR) is 69.0 cm³/mol. The maximum absolute atomic E-state index is 10.6. The maximum Gasteiger partial charge on any atom is 0.313 e. The summed E-state index contributed by atoms with van der Waals surface area (Å²) in [5.74, 6) is -0.0488. The lowest BCUT2D eigenvalue weighted by molar-refractivity contribution is -0.133. The number of methoxy groups -OCH3 is 1. The summed E-state index contributed by atoms with van der Waals surface area (Å²) in [5, 5.41) is 17.5. The summed E-state index contributed by atoms with van der Waals surface area (Å²) in [7, 11) is 1.64. The van der Waals surface area contributed by atoms with Gasteiger partial charge in [0.15, 0.2) is 5.16 Å². The molecule has 0 bridgehead atoms. The van der Waals surface area contributed by atoms with E-state index in [1.807, 2.05) is 25.3 Å². The third kappa shape index (κ3) is 3.46. The molecular weight excluding hydrogens is 254 g/mol. The molecule has 18 heavy (non-hydrogen) atoms. The van der Waals surface area contributed by atoms with Crippen molar-refractivity contribution < 1.29 is 14.6 Å². The van der Waals surface area contributed by atoms with Crippen LogP contribution in [0, 0.1) is 0 Å². The minimum absolute atomic E-state index is 0.0229. The van der Waals surface area contributed by atoms with Gasteiger partial charge in [-0.15, -0.1) is 10.2 Å². The van der Waals surface area contributed by atoms with E-state index in [4.69, 9.17) is 9.84 Å². The third-order valence-electron chi connectivity index (χ3n) is 2.44. The molecule has 0 amide bonds. The lowest BCUT2D eigenvalue weighted by Crippen LogP contribution is -2.33. The van der Waals surface area contributed by atoms with E-state index in [1.165, 1.54) is 11.8 Å². The first kappa shape index (κ1) is 15.0. The second-order valence-corrected chi connectivity index (χ2v) is 5.46. The highest BCUT2D eigenvalue weighted by atomic mass is 32.2. The Morgan fingerprint density at radius 1 is 1.50 bits per heavy atom. The second-order valence-electron chi connectivity index (χ2n) is 4.52. The topological polar surface area (TPSA) is 77.2 Å². The van der Waals surface area contributed by atoms with Crippen LogP contribution < -0.4 is 0 Å². The Balaban J connectivity index is 3.05. The molecule has 0 saturated carbocycles. The molecule has 1 N–H and O–H groups in total. The molecule has 1 aromatic rings. The Kier molecular flexibility index (Phi) is 5.15. The van der Waals surface area contributed by atoms with Gasteiger partial charge in [-0.25, -0.2) is 0 Å². The van der Waals surface area contributed by atoms with Crippen LogP contribution in [0.1, 0.15) is 26.6 Å². The number of thioether (sulfide) groups is 1. The number of aryl methyl sites for hydroxylation is 1. The Labute approximate surface area is 111 Å². The summed E-state index contributed by atoms with van der Waals surface area (Å²) < 4.78 is 7.17. The highest BCUT2D eigenvalue weighted by molar-refractivity contribution is 7.99. The van der Waals surface area contributed by atoms with Crippen molar-refractivity contribution in [2.24, 2.45) is 0 Å². The van der Waals surface area contributed by atoms with Crippen LogP contribution in [0.15, 0.2) is 5.16 Å². The highest BCUT2D eigenvalue weighted by Crippen LogP contribution is 2.26. The Morgan fingerprint density at radius 2 is 2.17 bits per heavy atom. The zero-order valence-corrected chi connectivity index (χ0v) is 12.0. The van der Waals surface area contributed by atoms with E-state index in [0.29, 0.717) is 11.8 Å². The van der Waals surface area contributed by atoms with Crippen molar-refractivity contribution >= 4 is 17.7 Å². The van der Waals surface area contributed by atoms with Gasteiger partial charge in [0.2, 0.25) is 0 Å². The number of carboxylic acid groups (broad SMARTS) is 1. The first-order valence-electron chi connectivity index (χ1n) is 5.70. The zero-order valence-electron chi connectivity index (χ0n) is 11.1. The number of hydrogen-bond acceptors (Lipinski definition) is 5. The van der Waals surface area contributed by atoms with Crippen LogP contribution >= 0.6 is 11.8 Å². The van der Waals surface area contributed by atoms with Gasteiger partial charge in [-0.1, -0.05) is 18.7 Å². The molecule has 0 aliphatic rings. The van der Waals surface area contributed by atoms with Crippen molar-refractivity contribution in [1.82, 2.24) is 14.8 Å². The van der Waals surface area contributed by atoms with E-state index in [0.717, 1.165) is 12.2 Å². The smallest absolute Gasteiger partial charge is 0.313 e. The third-order valence-corrected chi connectivity index (χ3v) is 3.36. The Morgan fingerprint density at radius 3 is 2.67 bits per heavy atom. The van der Waals surface area contributed by atoms with Gasteiger partial charge in [0.1, 0.15) is 5.82 Å². The van der Waals surface area contributed by atoms with Crippen LogP contribution in [0.3, 0.4) is 0 Å². The number of rotatable bonds is 7. The van der Waals surface area contributed by atoms with E-state index in [-0.39, 0.29) is 11.3 Å². The van der Waals surface area contributed by atoms with E-state index < -0.39 is 5.97 Å². The Hall–Kier alpha value is -1.08. The van der Waals surface area contributed by atoms with Crippen molar-refractivity contribution in [1.29, 1.82) is 0 Å². The van der Waals surface area contributed by atoms with Crippen LogP contribution in [0.5, 0.6) is 0 Å². The van der Waals surface area contributed by atoms with Gasteiger partial charge in [0.25, 0.3) is 0 Å². The van der Waals surface area contributed by atoms with Crippen LogP contribution in [-0.4, -0.2) is 45.3 Å². The molecule has 0 spiro atoms. The fraction of sp³-hybridized carbons (Fsp3) is 0.727. The van der Waals surface area contributed by atoms with E-state index in [9.17, 15) is 4.79 Å². The molecule has 0 saturated heterocycles. The van der Waals surface area contributed by atoms with Crippen LogP contribution in [0.25, 0.3) is 0 Å². The molecule has 6 nitrogen and oxygen atoms in total. The molecule has 1 heterocycles. The van der Waals surface area contributed by atoms with Crippen molar-refractivity contribution in [3.8, 4) is 0 Å².